The van der Waals surface area contributed by atoms with Crippen LogP contribution in [0.25, 0.3) is 0 Å². The molecule has 0 aliphatic heterocycles. The summed E-state index contributed by atoms with van der Waals surface area (Å²) in [6.07, 6.45) is 0. The molecule has 0 heterocycles. The maximum atomic E-state index is 12.0. The number of halogens is 2. The van der Waals surface area contributed by atoms with E-state index in [4.69, 9.17) is 11.6 Å². The molecule has 0 radical (unpaired) electrons. The van der Waals surface area contributed by atoms with Crippen molar-refractivity contribution in [3.05, 3.63) is 69.2 Å². The van der Waals surface area contributed by atoms with Crippen molar-refractivity contribution in [2.75, 3.05) is 0 Å². The van der Waals surface area contributed by atoms with E-state index in [0.29, 0.717) is 16.3 Å². The second kappa shape index (κ2) is 6.68. The summed E-state index contributed by atoms with van der Waals surface area (Å²) < 4.78 is 0.725. The van der Waals surface area contributed by atoms with Gasteiger partial charge in [-0.05, 0) is 41.1 Å². The van der Waals surface area contributed by atoms with Crippen molar-refractivity contribution in [1.82, 2.24) is 5.43 Å². The zero-order chi connectivity index (χ0) is 14.5. The first kappa shape index (κ1) is 14.8. The molecule has 0 saturated heterocycles. The van der Waals surface area contributed by atoms with Gasteiger partial charge in [-0.25, -0.2) is 5.43 Å². The number of carbonyl (C=O) groups excluding carboxylic acids is 1. The van der Waals surface area contributed by atoms with Gasteiger partial charge >= 0.3 is 0 Å². The smallest absolute Gasteiger partial charge is 0.267 e. The van der Waals surface area contributed by atoms with Crippen LogP contribution in [0, 0.1) is 0 Å². The molecule has 0 bridgehead atoms. The molecule has 0 unspecified atom stereocenters. The summed E-state index contributed by atoms with van der Waals surface area (Å²) in [5.41, 5.74) is 4.50. The van der Waals surface area contributed by atoms with E-state index >= 15 is 0 Å². The molecule has 0 aliphatic rings. The van der Waals surface area contributed by atoms with Gasteiger partial charge in [0.05, 0.1) is 11.3 Å². The lowest BCUT2D eigenvalue weighted by atomic mass is 10.1. The lowest BCUT2D eigenvalue weighted by molar-refractivity contribution is 0.0954. The molecule has 0 aromatic heterocycles. The number of carbonyl (C=O) groups is 1. The minimum Gasteiger partial charge on any atom is -0.267 e. The number of benzene rings is 2. The molecular weight excluding hydrogens is 340 g/mol. The van der Waals surface area contributed by atoms with Gasteiger partial charge in [-0.15, -0.1) is 0 Å². The van der Waals surface area contributed by atoms with Crippen LogP contribution < -0.4 is 5.43 Å². The van der Waals surface area contributed by atoms with E-state index in [9.17, 15) is 4.79 Å². The maximum absolute atomic E-state index is 12.0. The average molecular weight is 352 g/mol. The lowest BCUT2D eigenvalue weighted by Gasteiger charge is -2.05. The minimum absolute atomic E-state index is 0.274. The third kappa shape index (κ3) is 3.46. The number of nitrogens with zero attached hydrogens (tertiary/aromatic N) is 1. The highest BCUT2D eigenvalue weighted by atomic mass is 79.9. The van der Waals surface area contributed by atoms with Crippen LogP contribution in [0.5, 0.6) is 0 Å². The van der Waals surface area contributed by atoms with E-state index < -0.39 is 0 Å². The van der Waals surface area contributed by atoms with Crippen molar-refractivity contribution in [3.63, 3.8) is 0 Å². The number of hydrogen-bond acceptors (Lipinski definition) is 2. The van der Waals surface area contributed by atoms with Crippen LogP contribution in [0.2, 0.25) is 5.02 Å². The van der Waals surface area contributed by atoms with Gasteiger partial charge in [0, 0.05) is 15.1 Å². The van der Waals surface area contributed by atoms with Gasteiger partial charge in [0.25, 0.3) is 5.91 Å². The number of hydrogen-bond donors (Lipinski definition) is 1. The summed E-state index contributed by atoms with van der Waals surface area (Å²) >= 11 is 9.41. The van der Waals surface area contributed by atoms with Crippen LogP contribution in [0.1, 0.15) is 22.8 Å². The van der Waals surface area contributed by atoms with Crippen molar-refractivity contribution < 1.29 is 4.79 Å². The monoisotopic (exact) mass is 350 g/mol. The zero-order valence-corrected chi connectivity index (χ0v) is 13.1. The number of nitrogens with one attached hydrogen (secondary N) is 1. The van der Waals surface area contributed by atoms with Gasteiger partial charge in [-0.1, -0.05) is 41.9 Å². The number of amides is 1. The van der Waals surface area contributed by atoms with Gasteiger partial charge in [-0.2, -0.15) is 5.10 Å². The molecule has 2 aromatic rings. The third-order valence-corrected chi connectivity index (χ3v) is 3.73. The van der Waals surface area contributed by atoms with E-state index in [1.54, 1.807) is 31.2 Å². The summed E-state index contributed by atoms with van der Waals surface area (Å²) in [5, 5.41) is 4.69. The molecule has 5 heteroatoms. The fourth-order valence-corrected chi connectivity index (χ4v) is 2.39. The Hall–Kier alpha value is -1.65. The van der Waals surface area contributed by atoms with Gasteiger partial charge in [0.1, 0.15) is 0 Å². The first-order valence-electron chi connectivity index (χ1n) is 5.93. The quantitative estimate of drug-likeness (QED) is 0.651. The Bertz CT molecular complexity index is 670. The Labute approximate surface area is 130 Å². The Morgan fingerprint density at radius 3 is 2.35 bits per heavy atom. The van der Waals surface area contributed by atoms with Crippen molar-refractivity contribution in [3.8, 4) is 0 Å². The van der Waals surface area contributed by atoms with Gasteiger partial charge in [0.15, 0.2) is 0 Å². The fourth-order valence-electron chi connectivity index (χ4n) is 1.66. The Morgan fingerprint density at radius 2 is 1.70 bits per heavy atom. The van der Waals surface area contributed by atoms with Crippen LogP contribution in [-0.4, -0.2) is 11.6 Å². The summed E-state index contributed by atoms with van der Waals surface area (Å²) in [6.45, 7) is 1.79. The zero-order valence-electron chi connectivity index (χ0n) is 10.7. The molecule has 0 spiro atoms. The van der Waals surface area contributed by atoms with Crippen LogP contribution in [0.4, 0.5) is 0 Å². The highest BCUT2D eigenvalue weighted by molar-refractivity contribution is 9.10. The number of rotatable bonds is 3. The standard InChI is InChI=1S/C15H12BrClN2O/c1-10(11-6-3-5-9-14(11)17)18-19-15(20)12-7-2-4-8-13(12)16/h2-9H,1H3,(H,19,20)/b18-10+. The van der Waals surface area contributed by atoms with Gasteiger partial charge in [0.2, 0.25) is 0 Å². The van der Waals surface area contributed by atoms with E-state index in [2.05, 4.69) is 26.5 Å². The maximum Gasteiger partial charge on any atom is 0.272 e. The molecular formula is C15H12BrClN2O. The summed E-state index contributed by atoms with van der Waals surface area (Å²) in [6, 6.07) is 14.5. The summed E-state index contributed by atoms with van der Waals surface area (Å²) in [7, 11) is 0. The third-order valence-electron chi connectivity index (χ3n) is 2.71. The Morgan fingerprint density at radius 1 is 1.10 bits per heavy atom. The van der Waals surface area contributed by atoms with Crippen molar-refractivity contribution in [2.24, 2.45) is 5.10 Å². The normalized spacial score (nSPS) is 11.2. The molecule has 0 atom stereocenters. The SMILES string of the molecule is C/C(=N\NC(=O)c1ccccc1Br)c1ccccc1Cl. The van der Waals surface area contributed by atoms with Crippen molar-refractivity contribution in [1.29, 1.82) is 0 Å². The molecule has 102 valence electrons. The molecule has 3 nitrogen and oxygen atoms in total. The van der Waals surface area contributed by atoms with Gasteiger partial charge in [-0.3, -0.25) is 4.79 Å². The molecule has 0 fully saturated rings. The Balaban J connectivity index is 2.16. The predicted molar refractivity (Wildman–Crippen MR) is 85.3 cm³/mol. The largest absolute Gasteiger partial charge is 0.272 e. The molecule has 0 saturated carbocycles. The van der Waals surface area contributed by atoms with E-state index in [0.717, 1.165) is 10.0 Å². The topological polar surface area (TPSA) is 41.5 Å². The van der Waals surface area contributed by atoms with Crippen LogP contribution in [0.15, 0.2) is 58.1 Å². The number of hydrazone groups is 1. The van der Waals surface area contributed by atoms with Crippen LogP contribution in [0.3, 0.4) is 0 Å². The predicted octanol–water partition coefficient (Wildman–Crippen LogP) is 4.26. The fraction of sp³-hybridized carbons (Fsp3) is 0.0667. The molecule has 2 rings (SSSR count). The molecule has 1 N–H and O–H groups in total. The molecule has 2 aromatic carbocycles. The molecule has 20 heavy (non-hydrogen) atoms. The summed E-state index contributed by atoms with van der Waals surface area (Å²) in [5.74, 6) is -0.274. The average Bonchev–Trinajstić information content (AvgIpc) is 2.45. The van der Waals surface area contributed by atoms with E-state index in [1.165, 1.54) is 0 Å². The van der Waals surface area contributed by atoms with E-state index in [1.807, 2.05) is 24.3 Å². The highest BCUT2D eigenvalue weighted by Gasteiger charge is 2.09. The molecule has 1 amide bonds. The van der Waals surface area contributed by atoms with Gasteiger partial charge < -0.3 is 0 Å². The van der Waals surface area contributed by atoms with Crippen LogP contribution >= 0.6 is 27.5 Å². The first-order chi connectivity index (χ1) is 9.59. The second-order valence-electron chi connectivity index (χ2n) is 4.10. The van der Waals surface area contributed by atoms with Crippen molar-refractivity contribution >= 4 is 39.1 Å². The van der Waals surface area contributed by atoms with Crippen molar-refractivity contribution in [2.45, 2.75) is 6.92 Å². The first-order valence-corrected chi connectivity index (χ1v) is 7.10. The minimum atomic E-state index is -0.274. The van der Waals surface area contributed by atoms with Crippen LogP contribution in [-0.2, 0) is 0 Å². The lowest BCUT2D eigenvalue weighted by Crippen LogP contribution is -2.19. The summed E-state index contributed by atoms with van der Waals surface area (Å²) in [4.78, 5) is 12.0. The second-order valence-corrected chi connectivity index (χ2v) is 5.36. The van der Waals surface area contributed by atoms with E-state index in [-0.39, 0.29) is 5.91 Å². The highest BCUT2D eigenvalue weighted by Crippen LogP contribution is 2.17. The Kier molecular flexibility index (Phi) is 4.93. The molecule has 0 aliphatic carbocycles.